The summed E-state index contributed by atoms with van der Waals surface area (Å²) in [5.41, 5.74) is 2.70. The van der Waals surface area contributed by atoms with Gasteiger partial charge in [-0.25, -0.2) is 4.79 Å². The third kappa shape index (κ3) is 1.69. The van der Waals surface area contributed by atoms with E-state index < -0.39 is 0 Å². The Kier molecular flexibility index (Phi) is 2.34. The number of halogens is 1. The zero-order chi connectivity index (χ0) is 12.0. The van der Waals surface area contributed by atoms with Crippen molar-refractivity contribution in [3.05, 3.63) is 50.7 Å². The number of H-pyrrole nitrogens is 1. The number of hydrogen-bond acceptors (Lipinski definition) is 2. The van der Waals surface area contributed by atoms with Crippen molar-refractivity contribution in [2.45, 2.75) is 6.92 Å². The molecule has 0 aliphatic rings. The maximum absolute atomic E-state index is 11.9. The summed E-state index contributed by atoms with van der Waals surface area (Å²) in [6.07, 6.45) is 0. The third-order valence-electron chi connectivity index (χ3n) is 2.62. The first-order valence-electron chi connectivity index (χ1n) is 5.12. The number of rotatable bonds is 1. The van der Waals surface area contributed by atoms with Gasteiger partial charge in [0.1, 0.15) is 5.00 Å². The summed E-state index contributed by atoms with van der Waals surface area (Å²) in [6.45, 7) is 2.00. The molecule has 3 nitrogen and oxygen atoms in total. The average Bonchev–Trinajstić information content (AvgIpc) is 2.81. The Morgan fingerprint density at radius 2 is 2.12 bits per heavy atom. The van der Waals surface area contributed by atoms with Gasteiger partial charge in [0.25, 0.3) is 0 Å². The summed E-state index contributed by atoms with van der Waals surface area (Å²) in [5, 5.41) is 0.830. The number of imidazole rings is 1. The molecule has 0 radical (unpaired) electrons. The van der Waals surface area contributed by atoms with Gasteiger partial charge in [-0.15, -0.1) is 11.3 Å². The Balaban J connectivity index is 2.39. The maximum Gasteiger partial charge on any atom is 0.331 e. The van der Waals surface area contributed by atoms with Gasteiger partial charge in [-0.3, -0.25) is 4.57 Å². The number of fused-ring (bicyclic) bond motifs is 1. The fraction of sp³-hybridized carbons (Fsp3) is 0.0833. The van der Waals surface area contributed by atoms with Gasteiger partial charge in [-0.2, -0.15) is 0 Å². The van der Waals surface area contributed by atoms with Crippen molar-refractivity contribution in [3.63, 3.8) is 0 Å². The molecule has 3 rings (SSSR count). The van der Waals surface area contributed by atoms with Crippen LogP contribution in [0.15, 0.2) is 35.1 Å². The second-order valence-electron chi connectivity index (χ2n) is 3.86. The van der Waals surface area contributed by atoms with E-state index in [2.05, 4.69) is 4.98 Å². The standard InChI is InChI=1S/C12H9ClN2OS/c1-7-2-3-8-9(6-7)15(12(16)14-8)11-5-4-10(13)17-11/h2-6H,1H3,(H,14,16). The number of aromatic amines is 1. The van der Waals surface area contributed by atoms with Crippen LogP contribution in [0.1, 0.15) is 5.56 Å². The van der Waals surface area contributed by atoms with E-state index >= 15 is 0 Å². The van der Waals surface area contributed by atoms with E-state index in [4.69, 9.17) is 11.6 Å². The first-order chi connectivity index (χ1) is 8.15. The predicted octanol–water partition coefficient (Wildman–Crippen LogP) is 3.34. The summed E-state index contributed by atoms with van der Waals surface area (Å²) >= 11 is 7.29. The van der Waals surface area contributed by atoms with Crippen LogP contribution in [0.5, 0.6) is 0 Å². The molecule has 1 N–H and O–H groups in total. The Morgan fingerprint density at radius 1 is 1.29 bits per heavy atom. The van der Waals surface area contributed by atoms with Crippen LogP contribution in [0.4, 0.5) is 0 Å². The SMILES string of the molecule is Cc1ccc2[nH]c(=O)n(-c3ccc(Cl)s3)c2c1. The number of hydrogen-bond donors (Lipinski definition) is 1. The molecule has 0 bridgehead atoms. The highest BCUT2D eigenvalue weighted by atomic mass is 35.5. The zero-order valence-corrected chi connectivity index (χ0v) is 10.6. The van der Waals surface area contributed by atoms with Crippen LogP contribution >= 0.6 is 22.9 Å². The molecule has 17 heavy (non-hydrogen) atoms. The number of nitrogens with zero attached hydrogens (tertiary/aromatic N) is 1. The van der Waals surface area contributed by atoms with Gasteiger partial charge in [0.05, 0.1) is 15.4 Å². The molecule has 1 aromatic carbocycles. The fourth-order valence-corrected chi connectivity index (χ4v) is 2.90. The Bertz CT molecular complexity index is 753. The largest absolute Gasteiger partial charge is 0.331 e. The van der Waals surface area contributed by atoms with Gasteiger partial charge in [0, 0.05) is 0 Å². The zero-order valence-electron chi connectivity index (χ0n) is 9.03. The van der Waals surface area contributed by atoms with Crippen molar-refractivity contribution in [1.29, 1.82) is 0 Å². The van der Waals surface area contributed by atoms with Crippen molar-refractivity contribution in [2.75, 3.05) is 0 Å². The molecule has 0 amide bonds. The normalized spacial score (nSPS) is 11.2. The van der Waals surface area contributed by atoms with Crippen LogP contribution in [0.3, 0.4) is 0 Å². The molecule has 0 spiro atoms. The van der Waals surface area contributed by atoms with E-state index in [1.54, 1.807) is 10.6 Å². The minimum absolute atomic E-state index is 0.135. The summed E-state index contributed by atoms with van der Waals surface area (Å²) < 4.78 is 2.33. The van der Waals surface area contributed by atoms with Crippen molar-refractivity contribution in [1.82, 2.24) is 9.55 Å². The van der Waals surface area contributed by atoms with Crippen LogP contribution in [0.2, 0.25) is 4.34 Å². The summed E-state index contributed by atoms with van der Waals surface area (Å²) in [7, 11) is 0. The molecule has 3 aromatic rings. The second kappa shape index (κ2) is 3.75. The van der Waals surface area contributed by atoms with Crippen LogP contribution in [-0.4, -0.2) is 9.55 Å². The third-order valence-corrected chi connectivity index (χ3v) is 3.83. The van der Waals surface area contributed by atoms with Gasteiger partial charge >= 0.3 is 5.69 Å². The minimum atomic E-state index is -0.135. The van der Waals surface area contributed by atoms with E-state index in [-0.39, 0.29) is 5.69 Å². The highest BCUT2D eigenvalue weighted by molar-refractivity contribution is 7.18. The van der Waals surface area contributed by atoms with E-state index in [0.29, 0.717) is 4.34 Å². The highest BCUT2D eigenvalue weighted by Gasteiger charge is 2.10. The number of benzene rings is 1. The van der Waals surface area contributed by atoms with E-state index in [9.17, 15) is 4.79 Å². The number of aryl methyl sites for hydroxylation is 1. The lowest BCUT2D eigenvalue weighted by atomic mass is 10.2. The van der Waals surface area contributed by atoms with Gasteiger partial charge in [0.2, 0.25) is 0 Å². The number of nitrogens with one attached hydrogen (secondary N) is 1. The van der Waals surface area contributed by atoms with Crippen molar-refractivity contribution < 1.29 is 0 Å². The predicted molar refractivity (Wildman–Crippen MR) is 71.5 cm³/mol. The van der Waals surface area contributed by atoms with E-state index in [1.807, 2.05) is 31.2 Å². The first kappa shape index (κ1) is 10.6. The van der Waals surface area contributed by atoms with Crippen LogP contribution < -0.4 is 5.69 Å². The lowest BCUT2D eigenvalue weighted by molar-refractivity contribution is 1.04. The number of aromatic nitrogens is 2. The maximum atomic E-state index is 11.9. The summed E-state index contributed by atoms with van der Waals surface area (Å²) in [4.78, 5) is 14.8. The fourth-order valence-electron chi connectivity index (χ4n) is 1.86. The number of thiophene rings is 1. The summed E-state index contributed by atoms with van der Waals surface area (Å²) in [5.74, 6) is 0. The smallest absolute Gasteiger partial charge is 0.305 e. The molecule has 5 heteroatoms. The van der Waals surface area contributed by atoms with E-state index in [0.717, 1.165) is 21.6 Å². The molecule has 0 aliphatic carbocycles. The van der Waals surface area contributed by atoms with Crippen molar-refractivity contribution >= 4 is 34.0 Å². The molecule has 86 valence electrons. The molecule has 2 aromatic heterocycles. The molecule has 0 saturated heterocycles. The van der Waals surface area contributed by atoms with Crippen LogP contribution in [-0.2, 0) is 0 Å². The Hall–Kier alpha value is -1.52. The molecular weight excluding hydrogens is 256 g/mol. The van der Waals surface area contributed by atoms with Gasteiger partial charge in [0.15, 0.2) is 0 Å². The molecule has 0 atom stereocenters. The van der Waals surface area contributed by atoms with Gasteiger partial charge in [-0.1, -0.05) is 17.7 Å². The quantitative estimate of drug-likeness (QED) is 0.719. The first-order valence-corrected chi connectivity index (χ1v) is 6.32. The van der Waals surface area contributed by atoms with Crippen LogP contribution in [0, 0.1) is 6.92 Å². The lowest BCUT2D eigenvalue weighted by Gasteiger charge is -1.99. The van der Waals surface area contributed by atoms with Crippen LogP contribution in [0.25, 0.3) is 16.0 Å². The highest BCUT2D eigenvalue weighted by Crippen LogP contribution is 2.26. The monoisotopic (exact) mass is 264 g/mol. The molecule has 2 heterocycles. The topological polar surface area (TPSA) is 37.8 Å². The molecular formula is C12H9ClN2OS. The van der Waals surface area contributed by atoms with E-state index in [1.165, 1.54) is 11.3 Å². The molecule has 0 aliphatic heterocycles. The van der Waals surface area contributed by atoms with Gasteiger partial charge < -0.3 is 4.98 Å². The lowest BCUT2D eigenvalue weighted by Crippen LogP contribution is -2.13. The summed E-state index contributed by atoms with van der Waals surface area (Å²) in [6, 6.07) is 9.52. The average molecular weight is 265 g/mol. The Morgan fingerprint density at radius 3 is 2.82 bits per heavy atom. The molecule has 0 unspecified atom stereocenters. The molecule has 0 saturated carbocycles. The minimum Gasteiger partial charge on any atom is -0.305 e. The Labute approximate surface area is 106 Å². The second-order valence-corrected chi connectivity index (χ2v) is 5.56. The molecule has 0 fully saturated rings. The van der Waals surface area contributed by atoms with Crippen molar-refractivity contribution in [3.8, 4) is 5.00 Å². The van der Waals surface area contributed by atoms with Gasteiger partial charge in [-0.05, 0) is 36.8 Å². The van der Waals surface area contributed by atoms with Crippen molar-refractivity contribution in [2.24, 2.45) is 0 Å².